The van der Waals surface area contributed by atoms with Crippen molar-refractivity contribution in [2.75, 3.05) is 5.32 Å². The number of rotatable bonds is 3. The Hall–Kier alpha value is -2.29. The van der Waals surface area contributed by atoms with E-state index in [9.17, 15) is 4.79 Å². The van der Waals surface area contributed by atoms with Crippen LogP contribution in [0, 0.1) is 17.8 Å². The molecule has 0 aromatic heterocycles. The fourth-order valence-electron chi connectivity index (χ4n) is 6.89. The maximum atomic E-state index is 13.0. The summed E-state index contributed by atoms with van der Waals surface area (Å²) in [6.07, 6.45) is 10.3. The highest BCUT2D eigenvalue weighted by Crippen LogP contribution is 2.55. The fourth-order valence-corrected chi connectivity index (χ4v) is 6.89. The molecule has 7 rings (SSSR count). The maximum Gasteiger partial charge on any atom is 0.224 e. The van der Waals surface area contributed by atoms with Gasteiger partial charge in [-0.15, -0.1) is 0 Å². The largest absolute Gasteiger partial charge is 0.361 e. The van der Waals surface area contributed by atoms with Crippen LogP contribution in [0.3, 0.4) is 0 Å². The van der Waals surface area contributed by atoms with Gasteiger partial charge in [0.1, 0.15) is 0 Å². The van der Waals surface area contributed by atoms with Crippen LogP contribution in [-0.4, -0.2) is 11.4 Å². The van der Waals surface area contributed by atoms with Gasteiger partial charge in [0.2, 0.25) is 5.91 Å². The van der Waals surface area contributed by atoms with E-state index in [0.29, 0.717) is 6.42 Å². The van der Waals surface area contributed by atoms with Crippen molar-refractivity contribution in [2.45, 2.75) is 50.5 Å². The van der Waals surface area contributed by atoms with Crippen LogP contribution in [0.15, 0.2) is 42.6 Å². The Morgan fingerprint density at radius 3 is 2.37 bits per heavy atom. The monoisotopic (exact) mass is 358 g/mol. The van der Waals surface area contributed by atoms with E-state index in [1.54, 1.807) is 0 Å². The van der Waals surface area contributed by atoms with Gasteiger partial charge < -0.3 is 10.6 Å². The van der Waals surface area contributed by atoms with Gasteiger partial charge in [-0.1, -0.05) is 30.3 Å². The van der Waals surface area contributed by atoms with Crippen molar-refractivity contribution in [3.05, 3.63) is 48.2 Å². The highest BCUT2D eigenvalue weighted by Gasteiger charge is 2.51. The third-order valence-electron chi connectivity index (χ3n) is 7.45. The summed E-state index contributed by atoms with van der Waals surface area (Å²) in [5, 5.41) is 9.38. The second-order valence-electron chi connectivity index (χ2n) is 9.45. The van der Waals surface area contributed by atoms with Gasteiger partial charge in [0.25, 0.3) is 0 Å². The van der Waals surface area contributed by atoms with Crippen LogP contribution in [0.25, 0.3) is 16.3 Å². The van der Waals surface area contributed by atoms with Gasteiger partial charge in [-0.2, -0.15) is 0 Å². The summed E-state index contributed by atoms with van der Waals surface area (Å²) < 4.78 is 0. The van der Waals surface area contributed by atoms with Crippen LogP contribution in [0.5, 0.6) is 0 Å². The van der Waals surface area contributed by atoms with Crippen LogP contribution in [0.2, 0.25) is 0 Å². The van der Waals surface area contributed by atoms with Gasteiger partial charge >= 0.3 is 0 Å². The first-order chi connectivity index (χ1) is 13.2. The minimum Gasteiger partial charge on any atom is -0.361 e. The molecule has 5 aliphatic rings. The van der Waals surface area contributed by atoms with Crippen LogP contribution < -0.4 is 10.6 Å². The summed E-state index contributed by atoms with van der Waals surface area (Å²) in [5.41, 5.74) is 3.52. The van der Waals surface area contributed by atoms with Gasteiger partial charge in [0, 0.05) is 22.8 Å². The standard InChI is InChI=1S/C24H26N2O/c27-22(26-24-11-15-7-16(12-24)9-17(8-15)13-24)10-19-14-25-21-6-2-4-18-3-1-5-20(19)23(18)21/h1-6,14-17,25H,7-13H2,(H,26,27). The SMILES string of the molecule is O=C(CC1=CNc2cccc3cccc1c23)NC12CC3CC(CC(C3)C1)C2. The molecule has 4 saturated carbocycles. The van der Waals surface area contributed by atoms with E-state index in [4.69, 9.17) is 0 Å². The van der Waals surface area contributed by atoms with Crippen molar-refractivity contribution in [1.82, 2.24) is 5.32 Å². The zero-order valence-corrected chi connectivity index (χ0v) is 15.6. The molecule has 2 aromatic carbocycles. The lowest BCUT2D eigenvalue weighted by Crippen LogP contribution is -2.59. The Labute approximate surface area is 160 Å². The molecule has 0 spiro atoms. The third kappa shape index (κ3) is 2.51. The molecular weight excluding hydrogens is 332 g/mol. The lowest BCUT2D eigenvalue weighted by atomic mass is 9.53. The van der Waals surface area contributed by atoms with Crippen LogP contribution in [0.4, 0.5) is 5.69 Å². The lowest BCUT2D eigenvalue weighted by molar-refractivity contribution is -0.125. The molecular formula is C24H26N2O. The number of anilines is 1. The molecule has 4 fully saturated rings. The highest BCUT2D eigenvalue weighted by atomic mass is 16.1. The molecule has 1 aliphatic heterocycles. The van der Waals surface area contributed by atoms with E-state index in [1.165, 1.54) is 54.9 Å². The summed E-state index contributed by atoms with van der Waals surface area (Å²) in [5.74, 6) is 2.76. The molecule has 0 unspecified atom stereocenters. The second-order valence-corrected chi connectivity index (χ2v) is 9.45. The third-order valence-corrected chi connectivity index (χ3v) is 7.45. The highest BCUT2D eigenvalue weighted by molar-refractivity contribution is 6.07. The Balaban J connectivity index is 1.25. The minimum atomic E-state index is 0.0956. The minimum absolute atomic E-state index is 0.0956. The number of amides is 1. The van der Waals surface area contributed by atoms with Crippen molar-refractivity contribution in [2.24, 2.45) is 17.8 Å². The van der Waals surface area contributed by atoms with Crippen molar-refractivity contribution in [3.63, 3.8) is 0 Å². The number of benzene rings is 2. The predicted octanol–water partition coefficient (Wildman–Crippen LogP) is 5.08. The van der Waals surface area contributed by atoms with Crippen molar-refractivity contribution < 1.29 is 4.79 Å². The molecule has 4 aliphatic carbocycles. The molecule has 4 bridgehead atoms. The molecule has 1 amide bonds. The molecule has 0 atom stereocenters. The molecule has 0 saturated heterocycles. The smallest absolute Gasteiger partial charge is 0.224 e. The van der Waals surface area contributed by atoms with Crippen molar-refractivity contribution in [1.29, 1.82) is 0 Å². The quantitative estimate of drug-likeness (QED) is 0.803. The Morgan fingerprint density at radius 2 is 1.67 bits per heavy atom. The molecule has 2 N–H and O–H groups in total. The second kappa shape index (κ2) is 5.60. The normalized spacial score (nSPS) is 32.9. The molecule has 0 radical (unpaired) electrons. The van der Waals surface area contributed by atoms with Crippen LogP contribution >= 0.6 is 0 Å². The van der Waals surface area contributed by atoms with Gasteiger partial charge in [0.15, 0.2) is 0 Å². The fraction of sp³-hybridized carbons (Fsp3) is 0.458. The first-order valence-electron chi connectivity index (χ1n) is 10.5. The summed E-state index contributed by atoms with van der Waals surface area (Å²) in [6, 6.07) is 12.7. The number of carbonyl (C=O) groups is 1. The number of carbonyl (C=O) groups excluding carboxylic acids is 1. The first kappa shape index (κ1) is 15.7. The summed E-state index contributed by atoms with van der Waals surface area (Å²) in [6.45, 7) is 0. The van der Waals surface area contributed by atoms with Crippen LogP contribution in [-0.2, 0) is 4.79 Å². The van der Waals surface area contributed by atoms with E-state index in [1.807, 2.05) is 6.20 Å². The topological polar surface area (TPSA) is 41.1 Å². The van der Waals surface area contributed by atoms with Crippen molar-refractivity contribution >= 4 is 27.9 Å². The van der Waals surface area contributed by atoms with E-state index in [-0.39, 0.29) is 11.4 Å². The molecule has 1 heterocycles. The number of hydrogen-bond acceptors (Lipinski definition) is 2. The Bertz CT molecular complexity index is 933. The van der Waals surface area contributed by atoms with E-state index >= 15 is 0 Å². The molecule has 3 nitrogen and oxygen atoms in total. The summed E-state index contributed by atoms with van der Waals surface area (Å²) in [7, 11) is 0. The average molecular weight is 358 g/mol. The van der Waals surface area contributed by atoms with E-state index < -0.39 is 0 Å². The molecule has 138 valence electrons. The summed E-state index contributed by atoms with van der Waals surface area (Å²) in [4.78, 5) is 13.0. The van der Waals surface area contributed by atoms with E-state index in [0.717, 1.165) is 29.0 Å². The molecule has 27 heavy (non-hydrogen) atoms. The van der Waals surface area contributed by atoms with Crippen molar-refractivity contribution in [3.8, 4) is 0 Å². The number of hydrogen-bond donors (Lipinski definition) is 2. The Morgan fingerprint density at radius 1 is 1.00 bits per heavy atom. The zero-order valence-electron chi connectivity index (χ0n) is 15.6. The average Bonchev–Trinajstić information content (AvgIpc) is 2.63. The van der Waals surface area contributed by atoms with Gasteiger partial charge in [-0.25, -0.2) is 0 Å². The maximum absolute atomic E-state index is 13.0. The van der Waals surface area contributed by atoms with E-state index in [2.05, 4.69) is 47.0 Å². The number of nitrogens with one attached hydrogen (secondary N) is 2. The molecule has 2 aromatic rings. The first-order valence-corrected chi connectivity index (χ1v) is 10.5. The van der Waals surface area contributed by atoms with Gasteiger partial charge in [0.05, 0.1) is 6.42 Å². The van der Waals surface area contributed by atoms with Crippen LogP contribution in [0.1, 0.15) is 50.5 Å². The lowest BCUT2D eigenvalue weighted by Gasteiger charge is -2.57. The molecule has 3 heteroatoms. The summed E-state index contributed by atoms with van der Waals surface area (Å²) >= 11 is 0. The van der Waals surface area contributed by atoms with Gasteiger partial charge in [-0.05, 0) is 78.9 Å². The zero-order chi connectivity index (χ0) is 18.0. The van der Waals surface area contributed by atoms with Gasteiger partial charge in [-0.3, -0.25) is 4.79 Å². The Kier molecular flexibility index (Phi) is 3.27. The predicted molar refractivity (Wildman–Crippen MR) is 109 cm³/mol.